The molecule has 1 aliphatic rings. The number of anilines is 2. The summed E-state index contributed by atoms with van der Waals surface area (Å²) < 4.78 is 0. The summed E-state index contributed by atoms with van der Waals surface area (Å²) >= 11 is 12.2. The summed E-state index contributed by atoms with van der Waals surface area (Å²) in [6, 6.07) is 7.92. The molecular formula is C21H26Cl2N2. The molecule has 1 atom stereocenters. The average molecular weight is 377 g/mol. The van der Waals surface area contributed by atoms with Crippen LogP contribution in [0.5, 0.6) is 0 Å². The fourth-order valence-corrected chi connectivity index (χ4v) is 4.02. The van der Waals surface area contributed by atoms with E-state index in [-0.39, 0.29) is 0 Å². The molecule has 2 aromatic rings. The van der Waals surface area contributed by atoms with Crippen LogP contribution in [0.3, 0.4) is 0 Å². The molecule has 0 bridgehead atoms. The maximum Gasteiger partial charge on any atom is 0.0612 e. The number of rotatable bonds is 5. The first-order valence-electron chi connectivity index (χ1n) is 9.24. The smallest absolute Gasteiger partial charge is 0.0612 e. The zero-order chi connectivity index (χ0) is 18.0. The van der Waals surface area contributed by atoms with E-state index in [1.54, 1.807) is 0 Å². The Bertz CT molecular complexity index is 756. The molecule has 134 valence electrons. The van der Waals surface area contributed by atoms with Crippen molar-refractivity contribution in [2.75, 3.05) is 5.32 Å². The molecule has 3 rings (SSSR count). The maximum absolute atomic E-state index is 6.18. The van der Waals surface area contributed by atoms with Gasteiger partial charge in [-0.3, -0.25) is 4.98 Å². The number of hydrogen-bond acceptors (Lipinski definition) is 2. The monoisotopic (exact) mass is 376 g/mol. The fourth-order valence-electron chi connectivity index (χ4n) is 3.73. The van der Waals surface area contributed by atoms with Gasteiger partial charge < -0.3 is 5.32 Å². The van der Waals surface area contributed by atoms with Crippen LogP contribution in [0.15, 0.2) is 24.3 Å². The highest BCUT2D eigenvalue weighted by molar-refractivity contribution is 6.42. The van der Waals surface area contributed by atoms with Gasteiger partial charge in [-0.05, 0) is 61.4 Å². The molecule has 0 saturated carbocycles. The molecule has 1 heterocycles. The second kappa shape index (κ2) is 7.97. The minimum Gasteiger partial charge on any atom is -0.355 e. The summed E-state index contributed by atoms with van der Waals surface area (Å²) in [6.45, 7) is 6.81. The molecule has 0 radical (unpaired) electrons. The van der Waals surface area contributed by atoms with Gasteiger partial charge in [0.2, 0.25) is 0 Å². The predicted octanol–water partition coefficient (Wildman–Crippen LogP) is 7.16. The molecule has 1 aromatic heterocycles. The first-order chi connectivity index (χ1) is 12.0. The van der Waals surface area contributed by atoms with Crippen molar-refractivity contribution < 1.29 is 0 Å². The Hall–Kier alpha value is -1.25. The van der Waals surface area contributed by atoms with Crippen LogP contribution in [0.4, 0.5) is 11.4 Å². The van der Waals surface area contributed by atoms with E-state index < -0.39 is 0 Å². The van der Waals surface area contributed by atoms with Gasteiger partial charge in [0.25, 0.3) is 0 Å². The third-order valence-corrected chi connectivity index (χ3v) is 5.75. The van der Waals surface area contributed by atoms with E-state index in [9.17, 15) is 0 Å². The number of halogens is 2. The van der Waals surface area contributed by atoms with Gasteiger partial charge in [-0.15, -0.1) is 0 Å². The van der Waals surface area contributed by atoms with Crippen LogP contribution < -0.4 is 5.32 Å². The van der Waals surface area contributed by atoms with Gasteiger partial charge in [0.1, 0.15) is 0 Å². The molecule has 1 N–H and O–H groups in total. The molecule has 4 heteroatoms. The number of aromatic nitrogens is 1. The lowest BCUT2D eigenvalue weighted by Crippen LogP contribution is -2.19. The normalized spacial score (nSPS) is 16.8. The van der Waals surface area contributed by atoms with Crippen LogP contribution in [0, 0.1) is 5.92 Å². The van der Waals surface area contributed by atoms with E-state index in [4.69, 9.17) is 28.2 Å². The highest BCUT2D eigenvalue weighted by Crippen LogP contribution is 2.40. The number of aryl methyl sites for hydroxylation is 1. The van der Waals surface area contributed by atoms with Crippen LogP contribution in [0.25, 0.3) is 0 Å². The van der Waals surface area contributed by atoms with Crippen LogP contribution in [-0.4, -0.2) is 4.98 Å². The topological polar surface area (TPSA) is 24.9 Å². The number of benzene rings is 1. The van der Waals surface area contributed by atoms with Crippen molar-refractivity contribution in [3.8, 4) is 0 Å². The summed E-state index contributed by atoms with van der Waals surface area (Å²) in [6.07, 6.45) is 5.65. The summed E-state index contributed by atoms with van der Waals surface area (Å²) in [7, 11) is 0. The Kier molecular flexibility index (Phi) is 5.91. The van der Waals surface area contributed by atoms with Crippen molar-refractivity contribution >= 4 is 34.6 Å². The number of nitrogens with one attached hydrogen (secondary N) is 1. The quantitative estimate of drug-likeness (QED) is 0.598. The third kappa shape index (κ3) is 4.12. The molecule has 0 amide bonds. The minimum absolute atomic E-state index is 0.551. The molecule has 25 heavy (non-hydrogen) atoms. The molecule has 2 nitrogen and oxygen atoms in total. The van der Waals surface area contributed by atoms with Gasteiger partial charge >= 0.3 is 0 Å². The van der Waals surface area contributed by atoms with Gasteiger partial charge in [0.05, 0.1) is 10.0 Å². The Morgan fingerprint density at radius 3 is 2.68 bits per heavy atom. The Labute approximate surface area is 161 Å². The van der Waals surface area contributed by atoms with Crippen LogP contribution in [-0.2, 0) is 12.8 Å². The molecule has 1 unspecified atom stereocenters. The fraction of sp³-hybridized carbons (Fsp3) is 0.476. The SMILES string of the molecule is CCCc1cc(Nc2ccc(Cl)c(Cl)c2)c2c(n1)C(C(C)C)CCC2. The van der Waals surface area contributed by atoms with Crippen LogP contribution in [0.2, 0.25) is 10.0 Å². The lowest BCUT2D eigenvalue weighted by Gasteiger charge is -2.30. The summed E-state index contributed by atoms with van der Waals surface area (Å²) in [5.41, 5.74) is 6.00. The zero-order valence-corrected chi connectivity index (χ0v) is 16.7. The molecule has 0 fully saturated rings. The van der Waals surface area contributed by atoms with Gasteiger partial charge in [0.15, 0.2) is 0 Å². The molecule has 0 spiro atoms. The molecule has 1 aliphatic carbocycles. The zero-order valence-electron chi connectivity index (χ0n) is 15.2. The lowest BCUT2D eigenvalue weighted by molar-refractivity contribution is 0.422. The number of pyridine rings is 1. The van der Waals surface area contributed by atoms with Crippen molar-refractivity contribution in [1.29, 1.82) is 0 Å². The van der Waals surface area contributed by atoms with Crippen molar-refractivity contribution in [3.05, 3.63) is 51.3 Å². The second-order valence-electron chi connectivity index (χ2n) is 7.27. The summed E-state index contributed by atoms with van der Waals surface area (Å²) in [5.74, 6) is 1.16. The maximum atomic E-state index is 6.18. The highest BCUT2D eigenvalue weighted by Gasteiger charge is 2.27. The minimum atomic E-state index is 0.551. The number of nitrogens with zero attached hydrogens (tertiary/aromatic N) is 1. The van der Waals surface area contributed by atoms with E-state index in [1.165, 1.54) is 35.5 Å². The first-order valence-corrected chi connectivity index (χ1v) is 10.00. The van der Waals surface area contributed by atoms with E-state index in [1.807, 2.05) is 18.2 Å². The van der Waals surface area contributed by atoms with Crippen molar-refractivity contribution in [1.82, 2.24) is 4.98 Å². The van der Waals surface area contributed by atoms with Crippen LogP contribution in [0.1, 0.15) is 62.9 Å². The predicted molar refractivity (Wildman–Crippen MR) is 108 cm³/mol. The molecule has 0 saturated heterocycles. The van der Waals surface area contributed by atoms with Crippen molar-refractivity contribution in [3.63, 3.8) is 0 Å². The van der Waals surface area contributed by atoms with Gasteiger partial charge in [0, 0.05) is 28.7 Å². The molecule has 0 aliphatic heterocycles. The number of fused-ring (bicyclic) bond motifs is 1. The largest absolute Gasteiger partial charge is 0.355 e. The number of hydrogen-bond donors (Lipinski definition) is 1. The second-order valence-corrected chi connectivity index (χ2v) is 8.09. The Balaban J connectivity index is 2.03. The van der Waals surface area contributed by atoms with Gasteiger partial charge in [-0.2, -0.15) is 0 Å². The average Bonchev–Trinajstić information content (AvgIpc) is 2.58. The van der Waals surface area contributed by atoms with Gasteiger partial charge in [-0.1, -0.05) is 50.4 Å². The first kappa shape index (κ1) is 18.5. The standard InChI is InChI=1S/C21H26Cl2N2/c1-4-6-14-12-20(24-15-9-10-18(22)19(23)11-15)17-8-5-7-16(13(2)3)21(17)25-14/h9-13,16H,4-8H2,1-3H3,(H,24,25). The van der Waals surface area contributed by atoms with E-state index in [0.29, 0.717) is 21.9 Å². The van der Waals surface area contributed by atoms with Crippen molar-refractivity contribution in [2.45, 2.75) is 58.8 Å². The lowest BCUT2D eigenvalue weighted by atomic mass is 9.79. The highest BCUT2D eigenvalue weighted by atomic mass is 35.5. The van der Waals surface area contributed by atoms with Gasteiger partial charge in [-0.25, -0.2) is 0 Å². The van der Waals surface area contributed by atoms with Crippen LogP contribution >= 0.6 is 23.2 Å². The summed E-state index contributed by atoms with van der Waals surface area (Å²) in [5, 5.41) is 4.73. The molecular weight excluding hydrogens is 351 g/mol. The summed E-state index contributed by atoms with van der Waals surface area (Å²) in [4.78, 5) is 5.05. The van der Waals surface area contributed by atoms with Crippen molar-refractivity contribution in [2.24, 2.45) is 5.92 Å². The Morgan fingerprint density at radius 1 is 1.20 bits per heavy atom. The Morgan fingerprint density at radius 2 is 2.00 bits per heavy atom. The molecule has 1 aromatic carbocycles. The van der Waals surface area contributed by atoms with E-state index in [0.717, 1.165) is 24.9 Å². The van der Waals surface area contributed by atoms with E-state index >= 15 is 0 Å². The third-order valence-electron chi connectivity index (χ3n) is 5.01. The van der Waals surface area contributed by atoms with E-state index in [2.05, 4.69) is 32.2 Å².